The summed E-state index contributed by atoms with van der Waals surface area (Å²) < 4.78 is 1.39. The van der Waals surface area contributed by atoms with E-state index in [1.807, 2.05) is 37.5 Å². The van der Waals surface area contributed by atoms with E-state index in [1.54, 1.807) is 22.6 Å². The molecule has 1 atom stereocenters. The molecule has 132 valence electrons. The van der Waals surface area contributed by atoms with Gasteiger partial charge in [0.1, 0.15) is 58.9 Å². The molecule has 1 aliphatic heterocycles. The van der Waals surface area contributed by atoms with Crippen LogP contribution in [0.15, 0.2) is 10.9 Å². The van der Waals surface area contributed by atoms with Gasteiger partial charge in [0.25, 0.3) is 5.56 Å². The number of nitrogen functional groups attached to an aromatic ring is 1. The quantitative estimate of drug-likeness (QED) is 0.300. The zero-order chi connectivity index (χ0) is 20.5. The summed E-state index contributed by atoms with van der Waals surface area (Å²) in [4.78, 5) is 43.2. The molecule has 1 saturated heterocycles. The van der Waals surface area contributed by atoms with E-state index in [1.165, 1.54) is 4.57 Å². The Morgan fingerprint density at radius 2 is 1.78 bits per heavy atom. The summed E-state index contributed by atoms with van der Waals surface area (Å²) >= 11 is 0. The van der Waals surface area contributed by atoms with Gasteiger partial charge in [0, 0.05) is 5.69 Å². The fraction of sp³-hybridized carbons (Fsp3) is 0.286. The first-order valence-electron chi connectivity index (χ1n) is 8.96. The maximum absolute atomic E-state index is 13.4. The van der Waals surface area contributed by atoms with Crippen molar-refractivity contribution in [3.05, 3.63) is 22.2 Å². The number of hydrogen-bond donors (Lipinski definition) is 2. The van der Waals surface area contributed by atoms with E-state index in [0.29, 0.717) is 22.4 Å². The average Bonchev–Trinajstić information content (AvgIpc) is 2.54. The number of nitrogens with two attached hydrogens (primary N) is 1. The van der Waals surface area contributed by atoms with Crippen LogP contribution in [0.2, 0.25) is 10.4 Å². The molecule has 1 aliphatic rings. The second-order valence-corrected chi connectivity index (χ2v) is 8.53. The Kier molecular flexibility index (Phi) is 4.21. The molecule has 1 aromatic heterocycles. The molecule has 0 radical (unpaired) electrons. The maximum atomic E-state index is 13.4. The van der Waals surface area contributed by atoms with Crippen molar-refractivity contribution in [1.82, 2.24) is 14.9 Å². The minimum atomic E-state index is -0.879. The second kappa shape index (κ2) is 5.84. The minimum absolute atomic E-state index is 0.307. The van der Waals surface area contributed by atoms with Crippen molar-refractivity contribution >= 4 is 86.4 Å². The van der Waals surface area contributed by atoms with Crippen LogP contribution in [0.5, 0.6) is 0 Å². The van der Waals surface area contributed by atoms with E-state index >= 15 is 0 Å². The number of nitrogens with zero attached hydrogens (tertiary/aromatic N) is 2. The molecular weight excluding hydrogens is 337 g/mol. The Bertz CT molecular complexity index is 1080. The third-order valence-electron chi connectivity index (χ3n) is 6.54. The zero-order valence-corrected chi connectivity index (χ0v) is 16.9. The van der Waals surface area contributed by atoms with Crippen molar-refractivity contribution < 1.29 is 9.59 Å². The fourth-order valence-corrected chi connectivity index (χ4v) is 3.77. The third kappa shape index (κ3) is 2.51. The van der Waals surface area contributed by atoms with Gasteiger partial charge in [0.15, 0.2) is 0 Å². The summed E-state index contributed by atoms with van der Waals surface area (Å²) in [7, 11) is 11.0. The average molecular weight is 357 g/mol. The number of benzene rings is 1. The van der Waals surface area contributed by atoms with E-state index in [9.17, 15) is 14.4 Å². The van der Waals surface area contributed by atoms with Crippen molar-refractivity contribution in [3.63, 3.8) is 0 Å². The van der Waals surface area contributed by atoms with Gasteiger partial charge in [-0.15, -0.1) is 0 Å². The molecule has 1 unspecified atom stereocenters. The summed E-state index contributed by atoms with van der Waals surface area (Å²) in [5, 5.41) is 1.05. The van der Waals surface area contributed by atoms with E-state index in [2.05, 4.69) is 10.3 Å². The number of aromatic nitrogens is 2. The van der Waals surface area contributed by atoms with Gasteiger partial charge in [0.2, 0.25) is 11.8 Å². The van der Waals surface area contributed by atoms with E-state index in [-0.39, 0.29) is 11.5 Å². The number of amides is 2. The largest absolute Gasteiger partial charge is 0.398 e. The van der Waals surface area contributed by atoms with Gasteiger partial charge in [-0.1, -0.05) is 16.1 Å². The Hall–Kier alpha value is -2.31. The number of carbonyl (C=O) groups is 2. The lowest BCUT2D eigenvalue weighted by molar-refractivity contribution is -0.137. The first-order chi connectivity index (χ1) is 12.3. The molecule has 1 aromatic carbocycles. The van der Waals surface area contributed by atoms with Gasteiger partial charge in [-0.3, -0.25) is 24.3 Å². The van der Waals surface area contributed by atoms with Gasteiger partial charge in [-0.05, 0) is 18.2 Å². The normalized spacial score (nSPS) is 21.1. The Balaban J connectivity index is 2.39. The first-order valence-corrected chi connectivity index (χ1v) is 8.96. The number of anilines is 1. The van der Waals surface area contributed by atoms with Crippen LogP contribution in [0.1, 0.15) is 11.9 Å². The number of carbonyl (C=O) groups excluding carboxylic acids is 2. The highest BCUT2D eigenvalue weighted by Crippen LogP contribution is 2.52. The molecule has 2 amide bonds. The molecule has 2 heterocycles. The minimum Gasteiger partial charge on any atom is -0.398 e. The predicted octanol–water partition coefficient (Wildman–Crippen LogP) is -7.23. The van der Waals surface area contributed by atoms with E-state index in [4.69, 9.17) is 5.73 Å². The van der Waals surface area contributed by atoms with Crippen LogP contribution in [0, 0.1) is 6.92 Å². The highest BCUT2D eigenvalue weighted by Gasteiger charge is 2.55. The van der Waals surface area contributed by atoms with Crippen molar-refractivity contribution in [1.29, 1.82) is 0 Å². The van der Waals surface area contributed by atoms with Crippen molar-refractivity contribution in [2.75, 3.05) is 5.73 Å². The summed E-state index contributed by atoms with van der Waals surface area (Å²) in [6, 6.07) is 0.954. The highest BCUT2D eigenvalue weighted by molar-refractivity contribution is 6.63. The van der Waals surface area contributed by atoms with Crippen molar-refractivity contribution in [3.8, 4) is 0 Å². The lowest BCUT2D eigenvalue weighted by Gasteiger charge is -2.50. The topological polar surface area (TPSA) is 107 Å². The number of fused-ring (bicyclic) bond motifs is 1. The zero-order valence-electron chi connectivity index (χ0n) is 16.9. The molecule has 1 fully saturated rings. The predicted molar refractivity (Wildman–Crippen MR) is 123 cm³/mol. The van der Waals surface area contributed by atoms with E-state index < -0.39 is 22.4 Å². The van der Waals surface area contributed by atoms with Gasteiger partial charge >= 0.3 is 0 Å². The van der Waals surface area contributed by atoms with Crippen molar-refractivity contribution in [2.45, 2.75) is 23.4 Å². The summed E-state index contributed by atoms with van der Waals surface area (Å²) in [5.41, 5.74) is 8.53. The highest BCUT2D eigenvalue weighted by atomic mass is 16.2. The Labute approximate surface area is 162 Å². The van der Waals surface area contributed by atoms with Crippen LogP contribution < -0.4 is 27.5 Å². The van der Waals surface area contributed by atoms with Crippen LogP contribution in [0.3, 0.4) is 0 Å². The van der Waals surface area contributed by atoms with Gasteiger partial charge < -0.3 is 5.73 Å². The SMILES string of the molecule is Bc1cc2nc(C)n(C3C(=O)NC(=O)C(B)(B)C3(B)B)c(=O)c2c(N)c1B. The number of piperidine rings is 1. The lowest BCUT2D eigenvalue weighted by atomic mass is 9.26. The van der Waals surface area contributed by atoms with Gasteiger partial charge in [0.05, 0.1) is 10.9 Å². The molecule has 0 saturated carbocycles. The van der Waals surface area contributed by atoms with Crippen LogP contribution in [0.25, 0.3) is 10.9 Å². The van der Waals surface area contributed by atoms with Crippen LogP contribution in [0.4, 0.5) is 5.69 Å². The standard InChI is InChI=1S/C14H20B6N4O3/c1-3-22-5-2-4(15)7(16)8(21)6(5)11(26)24(3)9-10(25)23-12(27)14(19,20)13(9,17)18/h2,9H,15-21H2,1H3,(H,23,25,27). The van der Waals surface area contributed by atoms with Crippen molar-refractivity contribution in [2.24, 2.45) is 0 Å². The number of imide groups is 1. The lowest BCUT2D eigenvalue weighted by Crippen LogP contribution is -2.61. The number of aryl methyl sites for hydroxylation is 1. The third-order valence-corrected chi connectivity index (χ3v) is 6.54. The molecule has 2 aromatic rings. The Morgan fingerprint density at radius 3 is 2.37 bits per heavy atom. The molecule has 3 rings (SSSR count). The molecule has 0 bridgehead atoms. The van der Waals surface area contributed by atoms with Crippen LogP contribution in [-0.4, -0.2) is 68.4 Å². The summed E-state index contributed by atoms with van der Waals surface area (Å²) in [6.07, 6.45) is 0. The van der Waals surface area contributed by atoms with Gasteiger partial charge in [-0.2, -0.15) is 0 Å². The molecule has 13 heteroatoms. The van der Waals surface area contributed by atoms with Crippen LogP contribution in [-0.2, 0) is 9.59 Å². The molecule has 0 spiro atoms. The maximum Gasteiger partial charge on any atom is 0.264 e. The molecule has 27 heavy (non-hydrogen) atoms. The molecular formula is C14H20B6N4O3. The summed E-state index contributed by atoms with van der Waals surface area (Å²) in [6.45, 7) is 1.69. The fourth-order valence-electron chi connectivity index (χ4n) is 3.77. The monoisotopic (exact) mass is 358 g/mol. The molecule has 7 nitrogen and oxygen atoms in total. The second-order valence-electron chi connectivity index (χ2n) is 8.53. The summed E-state index contributed by atoms with van der Waals surface area (Å²) in [5.74, 6) is -0.439. The number of rotatable bonds is 1. The Morgan fingerprint density at radius 1 is 1.19 bits per heavy atom. The molecule has 0 aliphatic carbocycles. The van der Waals surface area contributed by atoms with Gasteiger partial charge in [-0.25, -0.2) is 4.98 Å². The van der Waals surface area contributed by atoms with Crippen LogP contribution >= 0.6 is 0 Å². The van der Waals surface area contributed by atoms with E-state index in [0.717, 1.165) is 10.9 Å². The first kappa shape index (κ1) is 19.5. The number of hydrogen-bond acceptors (Lipinski definition) is 5. The number of nitrogens with one attached hydrogen (secondary N) is 1. The smallest absolute Gasteiger partial charge is 0.264 e. The molecule has 3 N–H and O–H groups in total.